The Morgan fingerprint density at radius 3 is 2.60 bits per heavy atom. The van der Waals surface area contributed by atoms with Gasteiger partial charge in [-0.05, 0) is 43.7 Å². The molecule has 0 amide bonds. The molecule has 3 heteroatoms. The maximum atomic E-state index is 11.1. The highest BCUT2D eigenvalue weighted by Crippen LogP contribution is 2.25. The molecule has 0 radical (unpaired) electrons. The SMILES string of the molecule is Cc1ncc(C(=O)O)c2c1CCCCC2. The van der Waals surface area contributed by atoms with Crippen LogP contribution in [0.25, 0.3) is 0 Å². The lowest BCUT2D eigenvalue weighted by Crippen LogP contribution is -2.08. The molecule has 0 atom stereocenters. The van der Waals surface area contributed by atoms with Gasteiger partial charge in [-0.3, -0.25) is 4.98 Å². The minimum Gasteiger partial charge on any atom is -0.478 e. The number of hydrogen-bond acceptors (Lipinski definition) is 2. The fourth-order valence-electron chi connectivity index (χ4n) is 2.28. The van der Waals surface area contributed by atoms with Crippen molar-refractivity contribution in [2.24, 2.45) is 0 Å². The Morgan fingerprint density at radius 1 is 1.27 bits per heavy atom. The summed E-state index contributed by atoms with van der Waals surface area (Å²) in [5.74, 6) is -0.847. The third kappa shape index (κ3) is 1.87. The van der Waals surface area contributed by atoms with E-state index in [4.69, 9.17) is 5.11 Å². The highest BCUT2D eigenvalue weighted by Gasteiger charge is 2.18. The number of aromatic carboxylic acids is 1. The van der Waals surface area contributed by atoms with E-state index in [0.717, 1.165) is 36.9 Å². The molecule has 1 aromatic heterocycles. The van der Waals surface area contributed by atoms with E-state index in [1.54, 1.807) is 0 Å². The fourth-order valence-corrected chi connectivity index (χ4v) is 2.28. The van der Waals surface area contributed by atoms with Crippen LogP contribution in [0.4, 0.5) is 0 Å². The number of rotatable bonds is 1. The van der Waals surface area contributed by atoms with Gasteiger partial charge >= 0.3 is 5.97 Å². The zero-order valence-corrected chi connectivity index (χ0v) is 8.92. The number of aryl methyl sites for hydroxylation is 1. The average molecular weight is 205 g/mol. The number of pyridine rings is 1. The zero-order chi connectivity index (χ0) is 10.8. The van der Waals surface area contributed by atoms with Crippen molar-refractivity contribution in [3.05, 3.63) is 28.6 Å². The molecule has 1 heterocycles. The van der Waals surface area contributed by atoms with Crippen molar-refractivity contribution >= 4 is 5.97 Å². The summed E-state index contributed by atoms with van der Waals surface area (Å²) in [5.41, 5.74) is 3.59. The molecule has 3 nitrogen and oxygen atoms in total. The predicted molar refractivity (Wildman–Crippen MR) is 57.2 cm³/mol. The largest absolute Gasteiger partial charge is 0.478 e. The Labute approximate surface area is 89.2 Å². The number of aromatic nitrogens is 1. The molecule has 1 aliphatic carbocycles. The van der Waals surface area contributed by atoms with E-state index in [1.165, 1.54) is 18.2 Å². The fraction of sp³-hybridized carbons (Fsp3) is 0.500. The summed E-state index contributed by atoms with van der Waals surface area (Å²) < 4.78 is 0. The van der Waals surface area contributed by atoms with Gasteiger partial charge in [-0.25, -0.2) is 4.79 Å². The standard InChI is InChI=1S/C12H15NO2/c1-8-9-5-3-2-4-6-10(9)11(7-13-8)12(14)15/h7H,2-6H2,1H3,(H,14,15). The number of carbonyl (C=O) groups is 1. The van der Waals surface area contributed by atoms with E-state index in [9.17, 15) is 4.79 Å². The van der Waals surface area contributed by atoms with E-state index < -0.39 is 5.97 Å². The lowest BCUT2D eigenvalue weighted by atomic mass is 9.97. The summed E-state index contributed by atoms with van der Waals surface area (Å²) in [6.07, 6.45) is 6.81. The van der Waals surface area contributed by atoms with E-state index in [2.05, 4.69) is 4.98 Å². The van der Waals surface area contributed by atoms with Crippen molar-refractivity contribution in [2.75, 3.05) is 0 Å². The van der Waals surface area contributed by atoms with Gasteiger partial charge in [0.2, 0.25) is 0 Å². The van der Waals surface area contributed by atoms with Crippen LogP contribution in [0, 0.1) is 6.92 Å². The first-order valence-electron chi connectivity index (χ1n) is 5.41. The Morgan fingerprint density at radius 2 is 1.93 bits per heavy atom. The molecule has 15 heavy (non-hydrogen) atoms. The third-order valence-electron chi connectivity index (χ3n) is 3.10. The maximum Gasteiger partial charge on any atom is 0.337 e. The van der Waals surface area contributed by atoms with Crippen molar-refractivity contribution in [3.8, 4) is 0 Å². The summed E-state index contributed by atoms with van der Waals surface area (Å²) in [6, 6.07) is 0. The summed E-state index contributed by atoms with van der Waals surface area (Å²) in [5, 5.41) is 9.08. The van der Waals surface area contributed by atoms with E-state index >= 15 is 0 Å². The molecule has 0 unspecified atom stereocenters. The van der Waals surface area contributed by atoms with E-state index in [0.29, 0.717) is 5.56 Å². The van der Waals surface area contributed by atoms with Crippen molar-refractivity contribution in [1.82, 2.24) is 4.98 Å². The van der Waals surface area contributed by atoms with Crippen molar-refractivity contribution in [1.29, 1.82) is 0 Å². The van der Waals surface area contributed by atoms with Crippen LogP contribution in [0.1, 0.15) is 46.4 Å². The minimum absolute atomic E-state index is 0.400. The molecular weight excluding hydrogens is 190 g/mol. The van der Waals surface area contributed by atoms with Gasteiger partial charge in [-0.2, -0.15) is 0 Å². The van der Waals surface area contributed by atoms with Gasteiger partial charge in [0.1, 0.15) is 0 Å². The summed E-state index contributed by atoms with van der Waals surface area (Å²) >= 11 is 0. The molecule has 1 aliphatic rings. The number of carboxylic acids is 1. The molecule has 1 N–H and O–H groups in total. The second-order valence-corrected chi connectivity index (χ2v) is 4.08. The molecule has 0 spiro atoms. The topological polar surface area (TPSA) is 50.2 Å². The first-order valence-corrected chi connectivity index (χ1v) is 5.41. The molecular formula is C12H15NO2. The summed E-state index contributed by atoms with van der Waals surface area (Å²) in [7, 11) is 0. The predicted octanol–water partition coefficient (Wildman–Crippen LogP) is 2.36. The second-order valence-electron chi connectivity index (χ2n) is 4.08. The number of carboxylic acid groups (broad SMARTS) is 1. The molecule has 0 aliphatic heterocycles. The molecule has 0 bridgehead atoms. The first kappa shape index (κ1) is 10.1. The summed E-state index contributed by atoms with van der Waals surface area (Å²) in [6.45, 7) is 1.97. The third-order valence-corrected chi connectivity index (χ3v) is 3.10. The van der Waals surface area contributed by atoms with Crippen molar-refractivity contribution < 1.29 is 9.90 Å². The Kier molecular flexibility index (Phi) is 2.71. The smallest absolute Gasteiger partial charge is 0.337 e. The maximum absolute atomic E-state index is 11.1. The van der Waals surface area contributed by atoms with Gasteiger partial charge in [0.05, 0.1) is 5.56 Å². The van der Waals surface area contributed by atoms with Gasteiger partial charge in [0, 0.05) is 11.9 Å². The van der Waals surface area contributed by atoms with Crippen LogP contribution in [-0.2, 0) is 12.8 Å². The summed E-state index contributed by atoms with van der Waals surface area (Å²) in [4.78, 5) is 15.2. The van der Waals surface area contributed by atoms with Gasteiger partial charge in [-0.1, -0.05) is 6.42 Å². The van der Waals surface area contributed by atoms with Crippen LogP contribution in [0.3, 0.4) is 0 Å². The van der Waals surface area contributed by atoms with Crippen LogP contribution in [0.2, 0.25) is 0 Å². The highest BCUT2D eigenvalue weighted by molar-refractivity contribution is 5.89. The molecule has 0 aromatic carbocycles. The Bertz CT molecular complexity index is 399. The van der Waals surface area contributed by atoms with Gasteiger partial charge in [0.25, 0.3) is 0 Å². The lowest BCUT2D eigenvalue weighted by Gasteiger charge is -2.11. The van der Waals surface area contributed by atoms with Crippen molar-refractivity contribution in [3.63, 3.8) is 0 Å². The van der Waals surface area contributed by atoms with Crippen LogP contribution < -0.4 is 0 Å². The second kappa shape index (κ2) is 4.01. The van der Waals surface area contributed by atoms with Crippen LogP contribution >= 0.6 is 0 Å². The molecule has 0 saturated heterocycles. The van der Waals surface area contributed by atoms with E-state index in [1.807, 2.05) is 6.92 Å². The van der Waals surface area contributed by atoms with Crippen LogP contribution in [0.15, 0.2) is 6.20 Å². The Balaban J connectivity index is 2.56. The number of hydrogen-bond donors (Lipinski definition) is 1. The van der Waals surface area contributed by atoms with Crippen LogP contribution in [0.5, 0.6) is 0 Å². The molecule has 2 rings (SSSR count). The van der Waals surface area contributed by atoms with Gasteiger partial charge < -0.3 is 5.11 Å². The zero-order valence-electron chi connectivity index (χ0n) is 8.92. The monoisotopic (exact) mass is 205 g/mol. The lowest BCUT2D eigenvalue weighted by molar-refractivity contribution is 0.0695. The normalized spacial score (nSPS) is 15.5. The molecule has 1 aromatic rings. The highest BCUT2D eigenvalue weighted by atomic mass is 16.4. The van der Waals surface area contributed by atoms with E-state index in [-0.39, 0.29) is 0 Å². The minimum atomic E-state index is -0.847. The van der Waals surface area contributed by atoms with Crippen molar-refractivity contribution in [2.45, 2.75) is 39.0 Å². The van der Waals surface area contributed by atoms with Crippen LogP contribution in [-0.4, -0.2) is 16.1 Å². The Hall–Kier alpha value is -1.38. The van der Waals surface area contributed by atoms with Gasteiger partial charge in [0.15, 0.2) is 0 Å². The first-order chi connectivity index (χ1) is 7.20. The number of fused-ring (bicyclic) bond motifs is 1. The van der Waals surface area contributed by atoms with Gasteiger partial charge in [-0.15, -0.1) is 0 Å². The molecule has 80 valence electrons. The average Bonchev–Trinajstić information content (AvgIpc) is 2.43. The molecule has 0 saturated carbocycles. The molecule has 0 fully saturated rings. The quantitative estimate of drug-likeness (QED) is 0.716. The number of nitrogens with zero attached hydrogens (tertiary/aromatic N) is 1.